The molecule has 0 unspecified atom stereocenters. The van der Waals surface area contributed by atoms with Gasteiger partial charge >= 0.3 is 7.12 Å². The lowest BCUT2D eigenvalue weighted by Gasteiger charge is -2.32. The van der Waals surface area contributed by atoms with E-state index in [0.29, 0.717) is 16.7 Å². The van der Waals surface area contributed by atoms with Gasteiger partial charge in [0.2, 0.25) is 0 Å². The van der Waals surface area contributed by atoms with Crippen molar-refractivity contribution >= 4 is 35.8 Å². The van der Waals surface area contributed by atoms with Crippen LogP contribution in [0, 0.1) is 0 Å². The minimum atomic E-state index is -0.367. The monoisotopic (exact) mass is 378 g/mol. The Hall–Kier alpha value is -1.20. The lowest BCUT2D eigenvalue weighted by Crippen LogP contribution is -2.41. The molecule has 0 N–H and O–H groups in total. The molecule has 3 rings (SSSR count). The Morgan fingerprint density at radius 3 is 2.04 bits per heavy atom. The number of hydrogen-bond donors (Lipinski definition) is 0. The molecule has 0 aromatic heterocycles. The summed E-state index contributed by atoms with van der Waals surface area (Å²) in [6.07, 6.45) is 0. The molecule has 1 aliphatic rings. The standard InChI is InChI=1S/C19H21BCl2O3/c1-18(2)19(3,4)25-20(24-18)14-6-8-15(9-7-14)23-12-13-5-10-16(21)17(22)11-13/h5-11H,12H2,1-4H3. The van der Waals surface area contributed by atoms with Crippen molar-refractivity contribution in [3.63, 3.8) is 0 Å². The van der Waals surface area contributed by atoms with Crippen molar-refractivity contribution in [1.29, 1.82) is 0 Å². The van der Waals surface area contributed by atoms with Crippen molar-refractivity contribution in [2.24, 2.45) is 0 Å². The van der Waals surface area contributed by atoms with Gasteiger partial charge in [0.15, 0.2) is 0 Å². The summed E-state index contributed by atoms with van der Waals surface area (Å²) in [5, 5.41) is 1.07. The number of rotatable bonds is 4. The van der Waals surface area contributed by atoms with E-state index >= 15 is 0 Å². The van der Waals surface area contributed by atoms with E-state index in [1.165, 1.54) is 0 Å². The predicted octanol–water partition coefficient (Wildman–Crippen LogP) is 4.87. The van der Waals surface area contributed by atoms with E-state index in [1.807, 2.05) is 64.1 Å². The largest absolute Gasteiger partial charge is 0.494 e. The van der Waals surface area contributed by atoms with Crippen molar-refractivity contribution < 1.29 is 14.0 Å². The maximum Gasteiger partial charge on any atom is 0.494 e. The Kier molecular flexibility index (Phi) is 5.09. The van der Waals surface area contributed by atoms with Crippen LogP contribution in [0.15, 0.2) is 42.5 Å². The van der Waals surface area contributed by atoms with Gasteiger partial charge in [-0.2, -0.15) is 0 Å². The summed E-state index contributed by atoms with van der Waals surface area (Å²) >= 11 is 11.9. The van der Waals surface area contributed by atoms with Gasteiger partial charge in [-0.15, -0.1) is 0 Å². The topological polar surface area (TPSA) is 27.7 Å². The molecule has 0 amide bonds. The molecular formula is C19H21BCl2O3. The highest BCUT2D eigenvalue weighted by Crippen LogP contribution is 2.36. The molecule has 0 bridgehead atoms. The number of benzene rings is 2. The fraction of sp³-hybridized carbons (Fsp3) is 0.368. The molecule has 1 heterocycles. The first-order valence-electron chi connectivity index (χ1n) is 8.20. The summed E-state index contributed by atoms with van der Waals surface area (Å²) in [7, 11) is -0.367. The lowest BCUT2D eigenvalue weighted by molar-refractivity contribution is 0.00578. The maximum absolute atomic E-state index is 6.05. The fourth-order valence-electron chi connectivity index (χ4n) is 2.50. The van der Waals surface area contributed by atoms with Crippen molar-refractivity contribution in [2.75, 3.05) is 0 Å². The zero-order chi connectivity index (χ0) is 18.2. The molecule has 132 valence electrons. The number of ether oxygens (including phenoxy) is 1. The summed E-state index contributed by atoms with van der Waals surface area (Å²) in [5.74, 6) is 0.770. The second-order valence-corrected chi connectivity index (χ2v) is 8.01. The van der Waals surface area contributed by atoms with Crippen molar-refractivity contribution in [1.82, 2.24) is 0 Å². The summed E-state index contributed by atoms with van der Waals surface area (Å²) in [4.78, 5) is 0. The molecule has 25 heavy (non-hydrogen) atoms. The number of halogens is 2. The summed E-state index contributed by atoms with van der Waals surface area (Å²) < 4.78 is 17.9. The quantitative estimate of drug-likeness (QED) is 0.710. The van der Waals surface area contributed by atoms with Crippen LogP contribution in [0.1, 0.15) is 33.3 Å². The molecule has 0 atom stereocenters. The van der Waals surface area contributed by atoms with Crippen LogP contribution in [-0.2, 0) is 15.9 Å². The Bertz CT molecular complexity index is 744. The third-order valence-corrected chi connectivity index (χ3v) is 5.53. The first kappa shape index (κ1) is 18.6. The van der Waals surface area contributed by atoms with Gasteiger partial charge in [0, 0.05) is 0 Å². The van der Waals surface area contributed by atoms with Crippen LogP contribution in [0.3, 0.4) is 0 Å². The first-order chi connectivity index (χ1) is 11.7. The maximum atomic E-state index is 6.05. The Labute approximate surface area is 159 Å². The Balaban J connectivity index is 1.64. The highest BCUT2D eigenvalue weighted by Gasteiger charge is 2.51. The number of hydrogen-bond acceptors (Lipinski definition) is 3. The molecule has 0 radical (unpaired) electrons. The summed E-state index contributed by atoms with van der Waals surface area (Å²) in [5.41, 5.74) is 1.24. The zero-order valence-corrected chi connectivity index (χ0v) is 16.3. The van der Waals surface area contributed by atoms with Crippen LogP contribution in [0.5, 0.6) is 5.75 Å². The summed E-state index contributed by atoms with van der Waals surface area (Å²) in [6, 6.07) is 13.2. The van der Waals surface area contributed by atoms with Crippen molar-refractivity contribution in [3.05, 3.63) is 58.1 Å². The highest BCUT2D eigenvalue weighted by molar-refractivity contribution is 6.62. The molecule has 2 aromatic carbocycles. The highest BCUT2D eigenvalue weighted by atomic mass is 35.5. The van der Waals surface area contributed by atoms with E-state index in [-0.39, 0.29) is 18.3 Å². The molecule has 1 saturated heterocycles. The second-order valence-electron chi connectivity index (χ2n) is 7.19. The molecule has 0 spiro atoms. The third-order valence-electron chi connectivity index (χ3n) is 4.80. The van der Waals surface area contributed by atoms with E-state index in [1.54, 1.807) is 6.07 Å². The van der Waals surface area contributed by atoms with Crippen LogP contribution >= 0.6 is 23.2 Å². The molecule has 0 aliphatic carbocycles. The molecule has 3 nitrogen and oxygen atoms in total. The fourth-order valence-corrected chi connectivity index (χ4v) is 2.82. The molecule has 1 fully saturated rings. The van der Waals surface area contributed by atoms with Gasteiger partial charge in [-0.1, -0.05) is 41.4 Å². The van der Waals surface area contributed by atoms with Gasteiger partial charge in [-0.25, -0.2) is 0 Å². The average molecular weight is 379 g/mol. The van der Waals surface area contributed by atoms with E-state index in [0.717, 1.165) is 16.8 Å². The summed E-state index contributed by atoms with van der Waals surface area (Å²) in [6.45, 7) is 8.60. The smallest absolute Gasteiger partial charge is 0.489 e. The average Bonchev–Trinajstić information content (AvgIpc) is 2.77. The Morgan fingerprint density at radius 2 is 1.48 bits per heavy atom. The van der Waals surface area contributed by atoms with Gasteiger partial charge in [-0.05, 0) is 63.0 Å². The van der Waals surface area contributed by atoms with Gasteiger partial charge in [0.05, 0.1) is 21.2 Å². The lowest BCUT2D eigenvalue weighted by atomic mass is 9.79. The van der Waals surface area contributed by atoms with E-state index in [9.17, 15) is 0 Å². The van der Waals surface area contributed by atoms with Gasteiger partial charge < -0.3 is 14.0 Å². The first-order valence-corrected chi connectivity index (χ1v) is 8.96. The van der Waals surface area contributed by atoms with Crippen molar-refractivity contribution in [3.8, 4) is 5.75 Å². The minimum absolute atomic E-state index is 0.347. The molecule has 2 aromatic rings. The normalized spacial score (nSPS) is 18.4. The zero-order valence-electron chi connectivity index (χ0n) is 14.8. The van der Waals surface area contributed by atoms with Crippen LogP contribution in [0.4, 0.5) is 0 Å². The Morgan fingerprint density at radius 1 is 0.880 bits per heavy atom. The van der Waals surface area contributed by atoms with Crippen LogP contribution in [0.2, 0.25) is 10.0 Å². The van der Waals surface area contributed by atoms with Gasteiger partial charge in [0.1, 0.15) is 12.4 Å². The SMILES string of the molecule is CC1(C)OB(c2ccc(OCc3ccc(Cl)c(Cl)c3)cc2)OC1(C)C. The molecule has 1 aliphatic heterocycles. The second kappa shape index (κ2) is 6.84. The predicted molar refractivity (Wildman–Crippen MR) is 103 cm³/mol. The van der Waals surface area contributed by atoms with Gasteiger partial charge in [0.25, 0.3) is 0 Å². The molecule has 6 heteroatoms. The van der Waals surface area contributed by atoms with E-state index < -0.39 is 0 Å². The van der Waals surface area contributed by atoms with E-state index in [4.69, 9.17) is 37.2 Å². The van der Waals surface area contributed by atoms with Gasteiger partial charge in [-0.3, -0.25) is 0 Å². The molecular weight excluding hydrogens is 358 g/mol. The van der Waals surface area contributed by atoms with Crippen LogP contribution < -0.4 is 10.2 Å². The van der Waals surface area contributed by atoms with Crippen molar-refractivity contribution in [2.45, 2.75) is 45.5 Å². The third kappa shape index (κ3) is 3.98. The van der Waals surface area contributed by atoms with Crippen LogP contribution in [-0.4, -0.2) is 18.3 Å². The van der Waals surface area contributed by atoms with Crippen LogP contribution in [0.25, 0.3) is 0 Å². The molecule has 0 saturated carbocycles. The minimum Gasteiger partial charge on any atom is -0.489 e. The van der Waals surface area contributed by atoms with E-state index in [2.05, 4.69) is 0 Å².